The van der Waals surface area contributed by atoms with Gasteiger partial charge in [0, 0.05) is 37.6 Å². The summed E-state index contributed by atoms with van der Waals surface area (Å²) in [6, 6.07) is 10.4. The zero-order valence-corrected chi connectivity index (χ0v) is 13.0. The molecule has 0 unspecified atom stereocenters. The Hall–Kier alpha value is -1.91. The molecule has 3 rings (SSSR count). The fraction of sp³-hybridized carbons (Fsp3) is 0.389. The van der Waals surface area contributed by atoms with Crippen LogP contribution in [0, 0.1) is 0 Å². The average molecular weight is 298 g/mol. The van der Waals surface area contributed by atoms with E-state index in [1.54, 1.807) is 0 Å². The van der Waals surface area contributed by atoms with Crippen molar-refractivity contribution in [2.45, 2.75) is 13.5 Å². The molecular weight excluding hydrogens is 276 g/mol. The first-order valence-electron chi connectivity index (χ1n) is 7.82. The number of hydrogen-bond acceptors (Lipinski definition) is 4. The summed E-state index contributed by atoms with van der Waals surface area (Å²) >= 11 is 0. The second-order valence-corrected chi connectivity index (χ2v) is 5.43. The average Bonchev–Trinajstić information content (AvgIpc) is 2.57. The Balaban J connectivity index is 1.72. The van der Waals surface area contributed by atoms with Gasteiger partial charge in [-0.05, 0) is 36.2 Å². The minimum absolute atomic E-state index is 0.690. The fourth-order valence-electron chi connectivity index (χ4n) is 2.66. The Bertz CT molecular complexity index is 592. The normalized spacial score (nSPS) is 15.7. The zero-order valence-electron chi connectivity index (χ0n) is 13.0. The van der Waals surface area contributed by atoms with Crippen molar-refractivity contribution in [2.75, 3.05) is 32.9 Å². The van der Waals surface area contributed by atoms with Gasteiger partial charge in [0.05, 0.1) is 19.8 Å². The summed E-state index contributed by atoms with van der Waals surface area (Å²) in [5, 5.41) is 0. The monoisotopic (exact) mass is 298 g/mol. The van der Waals surface area contributed by atoms with Gasteiger partial charge in [0.15, 0.2) is 0 Å². The van der Waals surface area contributed by atoms with E-state index in [0.29, 0.717) is 6.61 Å². The van der Waals surface area contributed by atoms with Crippen molar-refractivity contribution < 1.29 is 9.47 Å². The molecular formula is C18H22N2O2. The number of aromatic nitrogens is 1. The highest BCUT2D eigenvalue weighted by molar-refractivity contribution is 5.63. The topological polar surface area (TPSA) is 34.6 Å². The molecule has 0 radical (unpaired) electrons. The van der Waals surface area contributed by atoms with Crippen molar-refractivity contribution in [3.63, 3.8) is 0 Å². The third-order valence-corrected chi connectivity index (χ3v) is 3.80. The van der Waals surface area contributed by atoms with Crippen molar-refractivity contribution in [3.8, 4) is 16.9 Å². The second-order valence-electron chi connectivity index (χ2n) is 5.43. The smallest absolute Gasteiger partial charge is 0.119 e. The van der Waals surface area contributed by atoms with Gasteiger partial charge in [0.25, 0.3) is 0 Å². The highest BCUT2D eigenvalue weighted by Crippen LogP contribution is 2.23. The van der Waals surface area contributed by atoms with Gasteiger partial charge in [-0.3, -0.25) is 9.88 Å². The Morgan fingerprint density at radius 1 is 1.09 bits per heavy atom. The van der Waals surface area contributed by atoms with Crippen LogP contribution < -0.4 is 4.74 Å². The van der Waals surface area contributed by atoms with E-state index >= 15 is 0 Å². The van der Waals surface area contributed by atoms with Crippen LogP contribution in [0.2, 0.25) is 0 Å². The van der Waals surface area contributed by atoms with Crippen LogP contribution in [0.25, 0.3) is 11.1 Å². The van der Waals surface area contributed by atoms with E-state index in [1.807, 2.05) is 31.5 Å². The van der Waals surface area contributed by atoms with E-state index < -0.39 is 0 Å². The van der Waals surface area contributed by atoms with Crippen LogP contribution in [0.4, 0.5) is 0 Å². The molecule has 4 heteroatoms. The molecule has 0 amide bonds. The molecule has 0 bridgehead atoms. The molecule has 1 saturated heterocycles. The highest BCUT2D eigenvalue weighted by atomic mass is 16.5. The maximum atomic E-state index is 5.49. The predicted octanol–water partition coefficient (Wildman–Crippen LogP) is 2.98. The third-order valence-electron chi connectivity index (χ3n) is 3.80. The lowest BCUT2D eigenvalue weighted by Gasteiger charge is -2.26. The molecule has 2 aromatic rings. The molecule has 4 nitrogen and oxygen atoms in total. The van der Waals surface area contributed by atoms with E-state index in [4.69, 9.17) is 9.47 Å². The quantitative estimate of drug-likeness (QED) is 0.850. The Morgan fingerprint density at radius 2 is 1.86 bits per heavy atom. The molecule has 1 aromatic heterocycles. The van der Waals surface area contributed by atoms with E-state index in [0.717, 1.165) is 44.2 Å². The minimum Gasteiger partial charge on any atom is -0.494 e. The van der Waals surface area contributed by atoms with Gasteiger partial charge in [-0.1, -0.05) is 12.1 Å². The van der Waals surface area contributed by atoms with Gasteiger partial charge in [-0.25, -0.2) is 0 Å². The van der Waals surface area contributed by atoms with Crippen LogP contribution in [0.1, 0.15) is 12.5 Å². The van der Waals surface area contributed by atoms with Gasteiger partial charge in [-0.2, -0.15) is 0 Å². The van der Waals surface area contributed by atoms with Crippen molar-refractivity contribution in [1.82, 2.24) is 9.88 Å². The molecule has 0 spiro atoms. The Labute approximate surface area is 131 Å². The number of ether oxygens (including phenoxy) is 2. The highest BCUT2D eigenvalue weighted by Gasteiger charge is 2.11. The minimum atomic E-state index is 0.690. The Kier molecular flexibility index (Phi) is 5.03. The van der Waals surface area contributed by atoms with E-state index in [2.05, 4.69) is 28.1 Å². The van der Waals surface area contributed by atoms with Crippen LogP contribution in [0.15, 0.2) is 42.7 Å². The summed E-state index contributed by atoms with van der Waals surface area (Å²) in [7, 11) is 0. The first-order chi connectivity index (χ1) is 10.8. The van der Waals surface area contributed by atoms with E-state index in [1.165, 1.54) is 11.1 Å². The Morgan fingerprint density at radius 3 is 2.59 bits per heavy atom. The largest absolute Gasteiger partial charge is 0.494 e. The van der Waals surface area contributed by atoms with Crippen LogP contribution in [0.5, 0.6) is 5.75 Å². The lowest BCUT2D eigenvalue weighted by molar-refractivity contribution is 0.0341. The molecule has 116 valence electrons. The first-order valence-corrected chi connectivity index (χ1v) is 7.82. The van der Waals surface area contributed by atoms with Crippen LogP contribution >= 0.6 is 0 Å². The van der Waals surface area contributed by atoms with Crippen LogP contribution in [-0.4, -0.2) is 42.8 Å². The number of hydrogen-bond donors (Lipinski definition) is 0. The number of morpholine rings is 1. The second kappa shape index (κ2) is 7.38. The molecule has 1 aliphatic heterocycles. The fourth-order valence-corrected chi connectivity index (χ4v) is 2.66. The molecule has 0 aliphatic carbocycles. The van der Waals surface area contributed by atoms with Gasteiger partial charge >= 0.3 is 0 Å². The maximum Gasteiger partial charge on any atom is 0.119 e. The molecule has 2 heterocycles. The molecule has 0 atom stereocenters. The third kappa shape index (κ3) is 3.84. The summed E-state index contributed by atoms with van der Waals surface area (Å²) in [4.78, 5) is 6.80. The molecule has 0 saturated carbocycles. The van der Waals surface area contributed by atoms with Crippen molar-refractivity contribution in [3.05, 3.63) is 48.3 Å². The maximum absolute atomic E-state index is 5.49. The summed E-state index contributed by atoms with van der Waals surface area (Å²) in [5.41, 5.74) is 3.56. The number of pyridine rings is 1. The lowest BCUT2D eigenvalue weighted by atomic mass is 10.1. The van der Waals surface area contributed by atoms with Crippen LogP contribution in [0.3, 0.4) is 0 Å². The first kappa shape index (κ1) is 15.0. The van der Waals surface area contributed by atoms with Gasteiger partial charge in [0.2, 0.25) is 0 Å². The van der Waals surface area contributed by atoms with Crippen molar-refractivity contribution >= 4 is 0 Å². The molecule has 1 fully saturated rings. The number of rotatable bonds is 5. The standard InChI is InChI=1S/C18H22N2O2/c1-2-22-18-5-3-16(4-6-18)17-11-15(12-19-13-17)14-20-7-9-21-10-8-20/h3-6,11-13H,2,7-10,14H2,1H3. The molecule has 1 aromatic carbocycles. The summed E-state index contributed by atoms with van der Waals surface area (Å²) in [6.45, 7) is 7.25. The van der Waals surface area contributed by atoms with E-state index in [9.17, 15) is 0 Å². The molecule has 0 N–H and O–H groups in total. The van der Waals surface area contributed by atoms with Gasteiger partial charge < -0.3 is 9.47 Å². The summed E-state index contributed by atoms with van der Waals surface area (Å²) in [5.74, 6) is 0.906. The SMILES string of the molecule is CCOc1ccc(-c2cncc(CN3CCOCC3)c2)cc1. The summed E-state index contributed by atoms with van der Waals surface area (Å²) in [6.07, 6.45) is 3.87. The lowest BCUT2D eigenvalue weighted by Crippen LogP contribution is -2.35. The molecule has 22 heavy (non-hydrogen) atoms. The zero-order chi connectivity index (χ0) is 15.2. The van der Waals surface area contributed by atoms with Gasteiger partial charge in [0.1, 0.15) is 5.75 Å². The number of nitrogens with zero attached hydrogens (tertiary/aromatic N) is 2. The van der Waals surface area contributed by atoms with Gasteiger partial charge in [-0.15, -0.1) is 0 Å². The summed E-state index contributed by atoms with van der Waals surface area (Å²) < 4.78 is 10.9. The van der Waals surface area contributed by atoms with Crippen molar-refractivity contribution in [2.24, 2.45) is 0 Å². The van der Waals surface area contributed by atoms with E-state index in [-0.39, 0.29) is 0 Å². The van der Waals surface area contributed by atoms with Crippen molar-refractivity contribution in [1.29, 1.82) is 0 Å². The predicted molar refractivity (Wildman–Crippen MR) is 86.9 cm³/mol. The van der Waals surface area contributed by atoms with Crippen LogP contribution in [-0.2, 0) is 11.3 Å². The molecule has 1 aliphatic rings. The number of benzene rings is 1.